The van der Waals surface area contributed by atoms with Gasteiger partial charge in [0.15, 0.2) is 0 Å². The van der Waals surface area contributed by atoms with Crippen LogP contribution in [0.4, 0.5) is 5.82 Å². The summed E-state index contributed by atoms with van der Waals surface area (Å²) in [6.45, 7) is 1.85. The van der Waals surface area contributed by atoms with Gasteiger partial charge in [0, 0.05) is 11.8 Å². The van der Waals surface area contributed by atoms with Crippen LogP contribution < -0.4 is 10.5 Å². The molecule has 0 bridgehead atoms. The molecule has 1 aromatic heterocycles. The Balaban J connectivity index is 2.44. The molecule has 0 saturated carbocycles. The van der Waals surface area contributed by atoms with Gasteiger partial charge in [0.2, 0.25) is 0 Å². The van der Waals surface area contributed by atoms with Crippen LogP contribution in [0.3, 0.4) is 0 Å². The van der Waals surface area contributed by atoms with Gasteiger partial charge in [-0.25, -0.2) is 13.4 Å². The van der Waals surface area contributed by atoms with Gasteiger partial charge in [-0.05, 0) is 30.7 Å². The van der Waals surface area contributed by atoms with E-state index in [1.165, 1.54) is 12.3 Å². The van der Waals surface area contributed by atoms with Crippen LogP contribution in [0.2, 0.25) is 0 Å². The zero-order chi connectivity index (χ0) is 14.8. The number of benzene rings is 1. The van der Waals surface area contributed by atoms with Crippen molar-refractivity contribution in [3.05, 3.63) is 53.7 Å². The highest BCUT2D eigenvalue weighted by Crippen LogP contribution is 2.19. The van der Waals surface area contributed by atoms with Gasteiger partial charge in [0.25, 0.3) is 10.0 Å². The first-order valence-corrected chi connectivity index (χ1v) is 7.63. The Morgan fingerprint density at radius 2 is 2.00 bits per heavy atom. The molecule has 0 atom stereocenters. The fourth-order valence-electron chi connectivity index (χ4n) is 1.69. The Morgan fingerprint density at radius 1 is 1.30 bits per heavy atom. The lowest BCUT2D eigenvalue weighted by Crippen LogP contribution is -2.20. The van der Waals surface area contributed by atoms with Crippen molar-refractivity contribution in [3.63, 3.8) is 0 Å². The number of hydrogen-bond acceptors (Lipinski definition) is 4. The van der Waals surface area contributed by atoms with E-state index in [2.05, 4.69) is 9.71 Å². The van der Waals surface area contributed by atoms with Crippen molar-refractivity contribution in [2.24, 2.45) is 5.73 Å². The molecule has 1 aromatic carbocycles. The van der Waals surface area contributed by atoms with Gasteiger partial charge in [-0.1, -0.05) is 30.4 Å². The molecular weight excluding hydrogens is 294 g/mol. The van der Waals surface area contributed by atoms with Crippen molar-refractivity contribution in [3.8, 4) is 0 Å². The largest absolute Gasteiger partial charge is 0.389 e. The minimum atomic E-state index is -3.79. The summed E-state index contributed by atoms with van der Waals surface area (Å²) < 4.78 is 27.2. The zero-order valence-electron chi connectivity index (χ0n) is 10.7. The topological polar surface area (TPSA) is 85.1 Å². The summed E-state index contributed by atoms with van der Waals surface area (Å²) in [6, 6.07) is 9.73. The van der Waals surface area contributed by atoms with Gasteiger partial charge in [-0.3, -0.25) is 4.72 Å². The molecule has 104 valence electrons. The number of nitrogens with two attached hydrogens (primary N) is 1. The molecule has 0 saturated heterocycles. The van der Waals surface area contributed by atoms with Crippen LogP contribution in [0, 0.1) is 6.92 Å². The van der Waals surface area contributed by atoms with E-state index in [4.69, 9.17) is 18.0 Å². The summed E-state index contributed by atoms with van der Waals surface area (Å²) in [5.41, 5.74) is 6.76. The first-order chi connectivity index (χ1) is 9.40. The predicted octanol–water partition coefficient (Wildman–Crippen LogP) is 1.83. The normalized spacial score (nSPS) is 11.1. The first kappa shape index (κ1) is 14.4. The van der Waals surface area contributed by atoms with Crippen LogP contribution in [0.5, 0.6) is 0 Å². The molecule has 0 amide bonds. The second-order valence-corrected chi connectivity index (χ2v) is 6.27. The van der Waals surface area contributed by atoms with E-state index in [1.54, 1.807) is 30.3 Å². The van der Waals surface area contributed by atoms with Gasteiger partial charge in [0.1, 0.15) is 10.8 Å². The number of thiocarbonyl (C=S) groups is 1. The lowest BCUT2D eigenvalue weighted by atomic mass is 10.2. The van der Waals surface area contributed by atoms with Gasteiger partial charge in [-0.15, -0.1) is 0 Å². The average Bonchev–Trinajstić information content (AvgIpc) is 2.38. The SMILES string of the molecule is Cc1ccnc(NS(=O)(=O)c2ccccc2C(N)=S)c1. The summed E-state index contributed by atoms with van der Waals surface area (Å²) >= 11 is 4.87. The first-order valence-electron chi connectivity index (χ1n) is 5.74. The number of aryl methyl sites for hydroxylation is 1. The predicted molar refractivity (Wildman–Crippen MR) is 82.1 cm³/mol. The van der Waals surface area contributed by atoms with E-state index in [0.717, 1.165) is 5.56 Å². The van der Waals surface area contributed by atoms with E-state index in [0.29, 0.717) is 5.56 Å². The highest BCUT2D eigenvalue weighted by atomic mass is 32.2. The molecule has 0 aliphatic carbocycles. The molecule has 0 radical (unpaired) electrons. The lowest BCUT2D eigenvalue weighted by molar-refractivity contribution is 0.601. The number of hydrogen-bond donors (Lipinski definition) is 2. The molecule has 2 aromatic rings. The molecule has 3 N–H and O–H groups in total. The number of anilines is 1. The highest BCUT2D eigenvalue weighted by molar-refractivity contribution is 7.93. The van der Waals surface area contributed by atoms with Crippen LogP contribution in [0.25, 0.3) is 0 Å². The maximum Gasteiger partial charge on any atom is 0.263 e. The molecule has 0 unspecified atom stereocenters. The summed E-state index contributed by atoms with van der Waals surface area (Å²) in [5, 5.41) is 0. The van der Waals surface area contributed by atoms with E-state index >= 15 is 0 Å². The lowest BCUT2D eigenvalue weighted by Gasteiger charge is -2.11. The molecule has 0 aliphatic heterocycles. The Labute approximate surface area is 122 Å². The summed E-state index contributed by atoms with van der Waals surface area (Å²) in [5.74, 6) is 0.253. The third kappa shape index (κ3) is 3.12. The Kier molecular flexibility index (Phi) is 4.01. The van der Waals surface area contributed by atoms with E-state index < -0.39 is 10.0 Å². The fourth-order valence-corrected chi connectivity index (χ4v) is 3.15. The minimum absolute atomic E-state index is 0.0307. The smallest absolute Gasteiger partial charge is 0.263 e. The van der Waals surface area contributed by atoms with Crippen LogP contribution in [0.15, 0.2) is 47.5 Å². The molecule has 7 heteroatoms. The van der Waals surface area contributed by atoms with Crippen molar-refractivity contribution in [2.75, 3.05) is 4.72 Å². The van der Waals surface area contributed by atoms with Crippen LogP contribution in [0.1, 0.15) is 11.1 Å². The molecule has 2 rings (SSSR count). The molecule has 0 spiro atoms. The maximum absolute atomic E-state index is 12.4. The number of aromatic nitrogens is 1. The van der Waals surface area contributed by atoms with Crippen molar-refractivity contribution >= 4 is 33.0 Å². The molecule has 0 fully saturated rings. The van der Waals surface area contributed by atoms with E-state index in [-0.39, 0.29) is 15.7 Å². The third-order valence-electron chi connectivity index (χ3n) is 2.60. The number of pyridine rings is 1. The quantitative estimate of drug-likeness (QED) is 0.842. The highest BCUT2D eigenvalue weighted by Gasteiger charge is 2.19. The van der Waals surface area contributed by atoms with E-state index in [1.807, 2.05) is 6.92 Å². The van der Waals surface area contributed by atoms with Gasteiger partial charge in [0.05, 0.1) is 4.90 Å². The fraction of sp³-hybridized carbons (Fsp3) is 0.0769. The molecular formula is C13H13N3O2S2. The molecule has 20 heavy (non-hydrogen) atoms. The number of rotatable bonds is 4. The molecule has 5 nitrogen and oxygen atoms in total. The average molecular weight is 307 g/mol. The second-order valence-electron chi connectivity index (χ2n) is 4.18. The summed E-state index contributed by atoms with van der Waals surface area (Å²) in [4.78, 5) is 4.04. The summed E-state index contributed by atoms with van der Waals surface area (Å²) in [7, 11) is -3.79. The van der Waals surface area contributed by atoms with Crippen LogP contribution >= 0.6 is 12.2 Å². The Bertz CT molecular complexity index is 758. The van der Waals surface area contributed by atoms with Crippen molar-refractivity contribution in [1.82, 2.24) is 4.98 Å². The monoisotopic (exact) mass is 307 g/mol. The number of nitrogens with zero attached hydrogens (tertiary/aromatic N) is 1. The van der Waals surface area contributed by atoms with E-state index in [9.17, 15) is 8.42 Å². The summed E-state index contributed by atoms with van der Waals surface area (Å²) in [6.07, 6.45) is 1.53. The number of nitrogens with one attached hydrogen (secondary N) is 1. The van der Waals surface area contributed by atoms with Gasteiger partial charge < -0.3 is 5.73 Å². The minimum Gasteiger partial charge on any atom is -0.389 e. The van der Waals surface area contributed by atoms with Gasteiger partial charge >= 0.3 is 0 Å². The Hall–Kier alpha value is -1.99. The third-order valence-corrected chi connectivity index (χ3v) is 4.23. The number of sulfonamides is 1. The van der Waals surface area contributed by atoms with Crippen molar-refractivity contribution in [2.45, 2.75) is 11.8 Å². The van der Waals surface area contributed by atoms with Crippen molar-refractivity contribution in [1.29, 1.82) is 0 Å². The molecule has 0 aliphatic rings. The van der Waals surface area contributed by atoms with Crippen LogP contribution in [-0.2, 0) is 10.0 Å². The van der Waals surface area contributed by atoms with Gasteiger partial charge in [-0.2, -0.15) is 0 Å². The maximum atomic E-state index is 12.4. The zero-order valence-corrected chi connectivity index (χ0v) is 12.3. The molecule has 1 heterocycles. The second kappa shape index (κ2) is 5.56. The van der Waals surface area contributed by atoms with Crippen molar-refractivity contribution < 1.29 is 8.42 Å². The Morgan fingerprint density at radius 3 is 2.65 bits per heavy atom. The van der Waals surface area contributed by atoms with Crippen LogP contribution in [-0.4, -0.2) is 18.4 Å². The standard InChI is InChI=1S/C13H13N3O2S2/c1-9-6-7-15-12(8-9)16-20(17,18)11-5-3-2-4-10(11)13(14)19/h2-8H,1H3,(H2,14,19)(H,15,16).